The number of rotatable bonds is 8. The fraction of sp³-hybridized carbons (Fsp3) is 0.174. The minimum Gasteiger partial charge on any atom is -0.493 e. The molecular weight excluding hydrogens is 434 g/mol. The predicted octanol–water partition coefficient (Wildman–Crippen LogP) is 5.29. The Hall–Kier alpha value is -3.10. The van der Waals surface area contributed by atoms with E-state index >= 15 is 0 Å². The smallest absolute Gasteiger partial charge is 0.297 e. The fourth-order valence-electron chi connectivity index (χ4n) is 2.68. The lowest BCUT2D eigenvalue weighted by Crippen LogP contribution is -2.29. The van der Waals surface area contributed by atoms with Crippen LogP contribution < -0.4 is 4.72 Å². The molecule has 0 saturated carbocycles. The highest BCUT2D eigenvalue weighted by molar-refractivity contribution is 7.90. The van der Waals surface area contributed by atoms with Crippen molar-refractivity contribution in [1.29, 1.82) is 0 Å². The van der Waals surface area contributed by atoms with Gasteiger partial charge in [-0.2, -0.15) is 8.42 Å². The first-order valence-electron chi connectivity index (χ1n) is 9.49. The molecule has 0 radical (unpaired) electrons. The highest BCUT2D eigenvalue weighted by Crippen LogP contribution is 2.22. The average molecular weight is 458 g/mol. The summed E-state index contributed by atoms with van der Waals surface area (Å²) in [4.78, 5) is 12.4. The fourth-order valence-corrected chi connectivity index (χ4v) is 4.35. The lowest BCUT2D eigenvalue weighted by molar-refractivity contribution is 0.0984. The van der Waals surface area contributed by atoms with Gasteiger partial charge >= 0.3 is 0 Å². The third kappa shape index (κ3) is 5.96. The van der Waals surface area contributed by atoms with E-state index in [-0.39, 0.29) is 11.7 Å². The summed E-state index contributed by atoms with van der Waals surface area (Å²) in [7, 11) is -4.12. The van der Waals surface area contributed by atoms with Gasteiger partial charge in [-0.05, 0) is 49.4 Å². The van der Waals surface area contributed by atoms with Crippen LogP contribution in [0, 0.1) is 6.92 Å². The summed E-state index contributed by atoms with van der Waals surface area (Å²) < 4.78 is 38.1. The van der Waals surface area contributed by atoms with Crippen molar-refractivity contribution in [3.63, 3.8) is 0 Å². The summed E-state index contributed by atoms with van der Waals surface area (Å²) >= 11 is 1.15. The first kappa shape index (κ1) is 22.6. The van der Waals surface area contributed by atoms with Gasteiger partial charge in [0.15, 0.2) is 0 Å². The lowest BCUT2D eigenvalue weighted by atomic mass is 10.1. The van der Waals surface area contributed by atoms with Crippen molar-refractivity contribution in [3.05, 3.63) is 93.6 Å². The van der Waals surface area contributed by atoms with Gasteiger partial charge in [0.25, 0.3) is 15.9 Å². The molecule has 0 fully saturated rings. The van der Waals surface area contributed by atoms with Crippen molar-refractivity contribution < 1.29 is 22.4 Å². The van der Waals surface area contributed by atoms with Crippen LogP contribution in [0.2, 0.25) is 0 Å². The molecule has 3 rings (SSSR count). The van der Waals surface area contributed by atoms with Crippen LogP contribution >= 0.6 is 11.3 Å². The summed E-state index contributed by atoms with van der Waals surface area (Å²) in [6, 6.07) is 14.6. The van der Waals surface area contributed by atoms with Crippen LogP contribution in [0.3, 0.4) is 0 Å². The van der Waals surface area contributed by atoms with Gasteiger partial charge in [-0.1, -0.05) is 42.5 Å². The Morgan fingerprint density at radius 2 is 1.87 bits per heavy atom. The van der Waals surface area contributed by atoms with Crippen molar-refractivity contribution in [2.75, 3.05) is 0 Å². The van der Waals surface area contributed by atoms with Gasteiger partial charge in [0, 0.05) is 11.6 Å². The normalized spacial score (nSPS) is 12.6. The van der Waals surface area contributed by atoms with Crippen molar-refractivity contribution in [1.82, 2.24) is 4.72 Å². The van der Waals surface area contributed by atoms with Crippen molar-refractivity contribution in [2.24, 2.45) is 0 Å². The molecule has 2 aromatic heterocycles. The molecule has 1 aromatic carbocycles. The van der Waals surface area contributed by atoms with E-state index in [0.717, 1.165) is 22.5 Å². The van der Waals surface area contributed by atoms with E-state index in [9.17, 15) is 13.2 Å². The molecule has 0 saturated heterocycles. The summed E-state index contributed by atoms with van der Waals surface area (Å²) in [5.74, 6) is 0.389. The Bertz CT molecular complexity index is 1200. The number of benzene rings is 1. The van der Waals surface area contributed by atoms with Crippen LogP contribution in [0.5, 0.6) is 0 Å². The molecule has 6 nitrogen and oxygen atoms in total. The van der Waals surface area contributed by atoms with Gasteiger partial charge in [-0.25, -0.2) is 4.72 Å². The molecule has 0 unspecified atom stereocenters. The highest BCUT2D eigenvalue weighted by Gasteiger charge is 2.24. The number of amides is 1. The summed E-state index contributed by atoms with van der Waals surface area (Å²) in [6.45, 7) is 5.63. The molecule has 0 aliphatic heterocycles. The molecule has 0 atom stereocenters. The zero-order valence-electron chi connectivity index (χ0n) is 17.4. The second-order valence-corrected chi connectivity index (χ2v) is 9.40. The van der Waals surface area contributed by atoms with Gasteiger partial charge in [0.05, 0.1) is 10.6 Å². The zero-order valence-corrected chi connectivity index (χ0v) is 19.0. The van der Waals surface area contributed by atoms with Crippen molar-refractivity contribution in [2.45, 2.75) is 32.5 Å². The Balaban J connectivity index is 1.65. The quantitative estimate of drug-likeness (QED) is 0.367. The standard InChI is InChI=1S/C23H23NO5S2/c1-16(19-8-5-4-6-9-19)11-12-17(2)28-15-20-14-22(29-18(20)3)31(26,27)24-23(25)21-10-7-13-30-21/h4-14H,15H2,1-3H3,(H,24,25)/b16-11+,17-12+. The van der Waals surface area contributed by atoms with Gasteiger partial charge in [-0.15, -0.1) is 11.3 Å². The maximum absolute atomic E-state index is 12.5. The molecule has 162 valence electrons. The minimum atomic E-state index is -4.12. The second kappa shape index (κ2) is 9.80. The number of hydrogen-bond acceptors (Lipinski definition) is 6. The number of ether oxygens (including phenoxy) is 1. The maximum Gasteiger partial charge on any atom is 0.297 e. The van der Waals surface area contributed by atoms with E-state index in [1.54, 1.807) is 24.4 Å². The zero-order chi connectivity index (χ0) is 22.4. The van der Waals surface area contributed by atoms with Gasteiger partial charge in [-0.3, -0.25) is 4.79 Å². The van der Waals surface area contributed by atoms with Crippen LogP contribution in [-0.2, 0) is 21.4 Å². The molecule has 31 heavy (non-hydrogen) atoms. The maximum atomic E-state index is 12.5. The molecular formula is C23H23NO5S2. The Kier molecular flexibility index (Phi) is 7.14. The number of aryl methyl sites for hydroxylation is 1. The van der Waals surface area contributed by atoms with E-state index in [2.05, 4.69) is 0 Å². The predicted molar refractivity (Wildman–Crippen MR) is 121 cm³/mol. The summed E-state index contributed by atoms with van der Waals surface area (Å²) in [6.07, 6.45) is 3.82. The first-order valence-corrected chi connectivity index (χ1v) is 11.9. The molecule has 0 bridgehead atoms. The van der Waals surface area contributed by atoms with Crippen LogP contribution in [0.15, 0.2) is 81.3 Å². The van der Waals surface area contributed by atoms with Gasteiger partial charge < -0.3 is 9.15 Å². The minimum absolute atomic E-state index is 0.143. The SMILES string of the molecule is C/C(=C\C=C(/C)c1ccccc1)OCc1cc(S(=O)(=O)NC(=O)c2cccs2)oc1C. The van der Waals surface area contributed by atoms with E-state index in [1.165, 1.54) is 6.07 Å². The van der Waals surface area contributed by atoms with Crippen molar-refractivity contribution >= 4 is 32.8 Å². The number of carbonyl (C=O) groups excluding carboxylic acids is 1. The molecule has 0 aliphatic rings. The number of allylic oxidation sites excluding steroid dienone is 4. The number of furan rings is 1. The third-order valence-electron chi connectivity index (χ3n) is 4.49. The van der Waals surface area contributed by atoms with E-state index in [1.807, 2.05) is 61.1 Å². The lowest BCUT2D eigenvalue weighted by Gasteiger charge is -2.05. The topological polar surface area (TPSA) is 85.6 Å². The molecule has 2 heterocycles. The second-order valence-electron chi connectivity index (χ2n) is 6.84. The third-order valence-corrected chi connectivity index (χ3v) is 6.54. The summed E-state index contributed by atoms with van der Waals surface area (Å²) in [5.41, 5.74) is 2.80. The number of thiophene rings is 1. The molecule has 1 N–H and O–H groups in total. The number of carbonyl (C=O) groups is 1. The first-order chi connectivity index (χ1) is 14.8. The molecule has 8 heteroatoms. The Morgan fingerprint density at radius 3 is 2.55 bits per heavy atom. The van der Waals surface area contributed by atoms with Crippen LogP contribution in [0.4, 0.5) is 0 Å². The van der Waals surface area contributed by atoms with E-state index < -0.39 is 15.9 Å². The van der Waals surface area contributed by atoms with Crippen LogP contribution in [0.1, 0.15) is 40.4 Å². The van der Waals surface area contributed by atoms with Crippen LogP contribution in [0.25, 0.3) is 5.57 Å². The van der Waals surface area contributed by atoms with Crippen molar-refractivity contribution in [3.8, 4) is 0 Å². The average Bonchev–Trinajstić information content (AvgIpc) is 3.41. The van der Waals surface area contributed by atoms with E-state index in [4.69, 9.17) is 9.15 Å². The highest BCUT2D eigenvalue weighted by atomic mass is 32.2. The molecule has 0 spiro atoms. The molecule has 0 aliphatic carbocycles. The Morgan fingerprint density at radius 1 is 1.13 bits per heavy atom. The number of hydrogen-bond donors (Lipinski definition) is 1. The monoisotopic (exact) mass is 457 g/mol. The number of sulfonamides is 1. The van der Waals surface area contributed by atoms with Gasteiger partial charge in [0.1, 0.15) is 12.4 Å². The molecule has 1 amide bonds. The molecule has 3 aromatic rings. The Labute approximate surface area is 185 Å². The summed E-state index contributed by atoms with van der Waals surface area (Å²) in [5, 5.41) is 1.37. The number of nitrogens with one attached hydrogen (secondary N) is 1. The van der Waals surface area contributed by atoms with Gasteiger partial charge in [0.2, 0.25) is 5.09 Å². The largest absolute Gasteiger partial charge is 0.493 e. The van der Waals surface area contributed by atoms with E-state index in [0.29, 0.717) is 22.0 Å². The van der Waals surface area contributed by atoms with Crippen LogP contribution in [-0.4, -0.2) is 14.3 Å².